The molecular weight excluding hydrogens is 258 g/mol. The Kier molecular flexibility index (Phi) is 3.01. The van der Waals surface area contributed by atoms with E-state index in [1.807, 2.05) is 18.2 Å². The van der Waals surface area contributed by atoms with E-state index in [1.54, 1.807) is 11.8 Å². The van der Waals surface area contributed by atoms with Gasteiger partial charge in [-0.15, -0.1) is 0 Å². The highest BCUT2D eigenvalue weighted by molar-refractivity contribution is 8.13. The fourth-order valence-electron chi connectivity index (χ4n) is 2.97. The standard InChI is InChI=1S/C14H17N3OS/c1-9-2-3-11(16-8-18)6-12(9)14-7-10(14)4-5-19-13(15)17-14/h2-3,6,8,10H,4-5,7H2,1H3,(H2,15,17)(H,16,18). The molecule has 1 aliphatic carbocycles. The molecule has 100 valence electrons. The van der Waals surface area contributed by atoms with Crippen LogP contribution in [0.3, 0.4) is 0 Å². The maximum atomic E-state index is 10.6. The van der Waals surface area contributed by atoms with E-state index in [9.17, 15) is 4.79 Å². The molecule has 4 nitrogen and oxygen atoms in total. The lowest BCUT2D eigenvalue weighted by atomic mass is 9.96. The molecule has 3 rings (SSSR count). The van der Waals surface area contributed by atoms with E-state index in [2.05, 4.69) is 12.2 Å². The number of rotatable bonds is 3. The van der Waals surface area contributed by atoms with Crippen molar-refractivity contribution in [2.45, 2.75) is 25.3 Å². The molecule has 1 aromatic rings. The Morgan fingerprint density at radius 1 is 1.58 bits per heavy atom. The normalized spacial score (nSPS) is 28.9. The summed E-state index contributed by atoms with van der Waals surface area (Å²) in [5.41, 5.74) is 9.06. The van der Waals surface area contributed by atoms with Gasteiger partial charge < -0.3 is 11.1 Å². The highest BCUT2D eigenvalue weighted by atomic mass is 32.2. The van der Waals surface area contributed by atoms with Crippen molar-refractivity contribution in [2.75, 3.05) is 11.1 Å². The smallest absolute Gasteiger partial charge is 0.211 e. The molecule has 0 radical (unpaired) electrons. The number of aliphatic imine (C=N–C) groups is 1. The van der Waals surface area contributed by atoms with Gasteiger partial charge in [0.15, 0.2) is 5.17 Å². The van der Waals surface area contributed by atoms with Crippen molar-refractivity contribution in [3.8, 4) is 0 Å². The number of anilines is 1. The molecule has 1 amide bonds. The van der Waals surface area contributed by atoms with Gasteiger partial charge in [0, 0.05) is 11.4 Å². The summed E-state index contributed by atoms with van der Waals surface area (Å²) < 4.78 is 0. The van der Waals surface area contributed by atoms with Crippen LogP contribution >= 0.6 is 11.8 Å². The first-order valence-electron chi connectivity index (χ1n) is 6.45. The number of nitrogens with one attached hydrogen (secondary N) is 1. The van der Waals surface area contributed by atoms with Gasteiger partial charge >= 0.3 is 0 Å². The van der Waals surface area contributed by atoms with Gasteiger partial charge in [-0.2, -0.15) is 0 Å². The Balaban J connectivity index is 2.04. The number of aryl methyl sites for hydroxylation is 1. The van der Waals surface area contributed by atoms with Crippen LogP contribution < -0.4 is 11.1 Å². The van der Waals surface area contributed by atoms with Crippen LogP contribution in [-0.4, -0.2) is 17.3 Å². The van der Waals surface area contributed by atoms with Gasteiger partial charge in [0.1, 0.15) is 0 Å². The van der Waals surface area contributed by atoms with Gasteiger partial charge in [-0.1, -0.05) is 17.8 Å². The molecule has 0 aromatic heterocycles. The summed E-state index contributed by atoms with van der Waals surface area (Å²) >= 11 is 1.64. The van der Waals surface area contributed by atoms with Gasteiger partial charge in [-0.25, -0.2) is 0 Å². The molecule has 1 saturated carbocycles. The van der Waals surface area contributed by atoms with Crippen LogP contribution in [0.15, 0.2) is 23.2 Å². The molecule has 19 heavy (non-hydrogen) atoms. The zero-order chi connectivity index (χ0) is 13.5. The Morgan fingerprint density at radius 3 is 3.21 bits per heavy atom. The molecule has 2 aliphatic rings. The van der Waals surface area contributed by atoms with Crippen molar-refractivity contribution in [3.05, 3.63) is 29.3 Å². The van der Waals surface area contributed by atoms with E-state index in [0.29, 0.717) is 17.5 Å². The van der Waals surface area contributed by atoms with Crippen LogP contribution in [0.4, 0.5) is 5.69 Å². The number of amidine groups is 1. The summed E-state index contributed by atoms with van der Waals surface area (Å²) in [5.74, 6) is 1.64. The third kappa shape index (κ3) is 2.12. The minimum absolute atomic E-state index is 0.141. The fraction of sp³-hybridized carbons (Fsp3) is 0.429. The number of benzene rings is 1. The number of thioether (sulfide) groups is 1. The van der Waals surface area contributed by atoms with Crippen molar-refractivity contribution in [2.24, 2.45) is 16.6 Å². The summed E-state index contributed by atoms with van der Waals surface area (Å²) in [6.45, 7) is 2.09. The predicted molar refractivity (Wildman–Crippen MR) is 79.3 cm³/mol. The second-order valence-electron chi connectivity index (χ2n) is 5.20. The maximum Gasteiger partial charge on any atom is 0.211 e. The lowest BCUT2D eigenvalue weighted by Gasteiger charge is -2.16. The fourth-order valence-corrected chi connectivity index (χ4v) is 3.80. The molecule has 5 heteroatoms. The van der Waals surface area contributed by atoms with Gasteiger partial charge in [0.05, 0.1) is 5.54 Å². The minimum atomic E-state index is -0.141. The number of nitrogens with two attached hydrogens (primary N) is 1. The Labute approximate surface area is 116 Å². The molecule has 0 saturated heterocycles. The van der Waals surface area contributed by atoms with Crippen molar-refractivity contribution in [1.82, 2.24) is 0 Å². The van der Waals surface area contributed by atoms with Crippen LogP contribution in [0, 0.1) is 12.8 Å². The lowest BCUT2D eigenvalue weighted by molar-refractivity contribution is -0.105. The van der Waals surface area contributed by atoms with Crippen molar-refractivity contribution >= 4 is 29.0 Å². The first kappa shape index (κ1) is 12.5. The average Bonchev–Trinajstić information content (AvgIpc) is 3.06. The molecule has 1 aromatic carbocycles. The second kappa shape index (κ2) is 4.56. The van der Waals surface area contributed by atoms with Crippen LogP contribution in [0.5, 0.6) is 0 Å². The van der Waals surface area contributed by atoms with Crippen LogP contribution in [0.2, 0.25) is 0 Å². The van der Waals surface area contributed by atoms with Crippen LogP contribution in [0.25, 0.3) is 0 Å². The molecule has 1 aliphatic heterocycles. The van der Waals surface area contributed by atoms with Crippen LogP contribution in [-0.2, 0) is 10.3 Å². The SMILES string of the molecule is Cc1ccc(NC=O)cc1C12CC1CCSC(N)=N2. The Morgan fingerprint density at radius 2 is 2.42 bits per heavy atom. The summed E-state index contributed by atoms with van der Waals surface area (Å²) in [6, 6.07) is 5.99. The van der Waals surface area contributed by atoms with Gasteiger partial charge in [-0.05, 0) is 48.9 Å². The molecular formula is C14H17N3OS. The molecule has 0 spiro atoms. The third-order valence-electron chi connectivity index (χ3n) is 4.03. The Bertz CT molecular complexity index is 558. The van der Waals surface area contributed by atoms with Gasteiger partial charge in [-0.3, -0.25) is 9.79 Å². The van der Waals surface area contributed by atoms with E-state index in [4.69, 9.17) is 10.7 Å². The summed E-state index contributed by atoms with van der Waals surface area (Å²) in [4.78, 5) is 15.3. The molecule has 1 fully saturated rings. The number of amides is 1. The van der Waals surface area contributed by atoms with Crippen molar-refractivity contribution < 1.29 is 4.79 Å². The second-order valence-corrected chi connectivity index (χ2v) is 6.32. The van der Waals surface area contributed by atoms with E-state index in [0.717, 1.165) is 24.3 Å². The van der Waals surface area contributed by atoms with Crippen molar-refractivity contribution in [1.29, 1.82) is 0 Å². The highest BCUT2D eigenvalue weighted by Crippen LogP contribution is 2.59. The number of carbonyl (C=O) groups excluding carboxylic acids is 1. The quantitative estimate of drug-likeness (QED) is 0.831. The molecule has 2 atom stereocenters. The maximum absolute atomic E-state index is 10.6. The zero-order valence-electron chi connectivity index (χ0n) is 10.8. The molecule has 3 N–H and O–H groups in total. The first-order chi connectivity index (χ1) is 9.15. The summed E-state index contributed by atoms with van der Waals surface area (Å²) in [7, 11) is 0. The highest BCUT2D eigenvalue weighted by Gasteiger charge is 2.56. The van der Waals surface area contributed by atoms with E-state index in [-0.39, 0.29) is 5.54 Å². The molecule has 0 bridgehead atoms. The molecule has 2 unspecified atom stereocenters. The zero-order valence-corrected chi connectivity index (χ0v) is 11.7. The third-order valence-corrected chi connectivity index (χ3v) is 4.86. The average molecular weight is 275 g/mol. The van der Waals surface area contributed by atoms with E-state index in [1.165, 1.54) is 11.1 Å². The number of hydrogen-bond donors (Lipinski definition) is 2. The molecule has 1 heterocycles. The summed E-state index contributed by atoms with van der Waals surface area (Å²) in [5, 5.41) is 3.40. The van der Waals surface area contributed by atoms with Gasteiger partial charge in [0.2, 0.25) is 6.41 Å². The van der Waals surface area contributed by atoms with Gasteiger partial charge in [0.25, 0.3) is 0 Å². The minimum Gasteiger partial charge on any atom is -0.379 e. The number of nitrogens with zero attached hydrogens (tertiary/aromatic N) is 1. The predicted octanol–water partition coefficient (Wildman–Crippen LogP) is 2.23. The number of fused-ring (bicyclic) bond motifs is 1. The summed E-state index contributed by atoms with van der Waals surface area (Å²) in [6.07, 6.45) is 2.93. The topological polar surface area (TPSA) is 67.5 Å². The van der Waals surface area contributed by atoms with Crippen molar-refractivity contribution in [3.63, 3.8) is 0 Å². The number of carbonyl (C=O) groups is 1. The van der Waals surface area contributed by atoms with E-state index < -0.39 is 0 Å². The lowest BCUT2D eigenvalue weighted by Crippen LogP contribution is -2.15. The monoisotopic (exact) mass is 275 g/mol. The Hall–Kier alpha value is -1.49. The number of hydrogen-bond acceptors (Lipinski definition) is 4. The largest absolute Gasteiger partial charge is 0.379 e. The first-order valence-corrected chi connectivity index (χ1v) is 7.44. The van der Waals surface area contributed by atoms with E-state index >= 15 is 0 Å². The van der Waals surface area contributed by atoms with Crippen LogP contribution in [0.1, 0.15) is 24.0 Å².